The van der Waals surface area contributed by atoms with Crippen molar-refractivity contribution < 1.29 is 8.39 Å². The third-order valence-electron chi connectivity index (χ3n) is 3.10. The van der Waals surface area contributed by atoms with Crippen LogP contribution in [0.4, 0.5) is 0 Å². The van der Waals surface area contributed by atoms with E-state index in [1.807, 2.05) is 0 Å². The molecule has 2 aromatic rings. The minimum Gasteiger partial charge on any atom is -0.291 e. The maximum Gasteiger partial charge on any atom is 0.271 e. The third kappa shape index (κ3) is 1.92. The van der Waals surface area contributed by atoms with Crippen LogP contribution < -0.4 is 11.1 Å². The fourth-order valence-corrected chi connectivity index (χ4v) is 2.67. The van der Waals surface area contributed by atoms with Gasteiger partial charge < -0.3 is 0 Å². The first-order valence-corrected chi connectivity index (χ1v) is 7.14. The summed E-state index contributed by atoms with van der Waals surface area (Å²) in [4.78, 5) is 27.7. The summed E-state index contributed by atoms with van der Waals surface area (Å²) in [5, 5.41) is 0. The van der Waals surface area contributed by atoms with Gasteiger partial charge in [-0.25, -0.2) is 9.19 Å². The number of aromatic nitrogens is 3. The van der Waals surface area contributed by atoms with E-state index in [4.69, 9.17) is 4.18 Å². The van der Waals surface area contributed by atoms with Crippen molar-refractivity contribution in [3.63, 3.8) is 0 Å². The zero-order valence-corrected chi connectivity index (χ0v) is 10.9. The number of nitrogens with zero attached hydrogens (tertiary/aromatic N) is 3. The highest BCUT2D eigenvalue weighted by Gasteiger charge is 2.26. The van der Waals surface area contributed by atoms with Gasteiger partial charge in [-0.2, -0.15) is 0 Å². The average Bonchev–Trinajstić information content (AvgIpc) is 2.76. The summed E-state index contributed by atoms with van der Waals surface area (Å²) in [5.74, 6) is 0. The van der Waals surface area contributed by atoms with Crippen LogP contribution in [0.3, 0.4) is 0 Å². The van der Waals surface area contributed by atoms with Gasteiger partial charge in [0, 0.05) is 12.3 Å². The van der Waals surface area contributed by atoms with E-state index in [2.05, 4.69) is 4.98 Å². The topological polar surface area (TPSA) is 83.2 Å². The molecule has 1 aliphatic rings. The maximum absolute atomic E-state index is 11.9. The Hall–Kier alpha value is -1.80. The van der Waals surface area contributed by atoms with Crippen LogP contribution in [0.2, 0.25) is 0 Å². The van der Waals surface area contributed by atoms with Crippen LogP contribution in [0.25, 0.3) is 11.2 Å². The molecule has 19 heavy (non-hydrogen) atoms. The Kier molecular flexibility index (Phi) is 2.83. The third-order valence-corrected chi connectivity index (χ3v) is 3.57. The van der Waals surface area contributed by atoms with Crippen molar-refractivity contribution in [3.05, 3.63) is 39.0 Å². The molecule has 8 heteroatoms. The zero-order valence-electron chi connectivity index (χ0n) is 10.1. The lowest BCUT2D eigenvalue weighted by Crippen LogP contribution is -2.25. The normalized spacial score (nSPS) is 18.9. The monoisotopic (exact) mass is 281 g/mol. The van der Waals surface area contributed by atoms with Crippen LogP contribution in [0, 0.1) is 0 Å². The minimum absolute atomic E-state index is 0.114. The molecule has 7 nitrogen and oxygen atoms in total. The van der Waals surface area contributed by atoms with Crippen LogP contribution >= 0.6 is 0 Å². The molecule has 2 atom stereocenters. The number of hydrogen-bond acceptors (Lipinski definition) is 5. The molecule has 0 saturated carbocycles. The molecule has 0 N–H and O–H groups in total. The zero-order chi connectivity index (χ0) is 13.6. The Morgan fingerprint density at radius 3 is 2.95 bits per heavy atom. The Bertz CT molecular complexity index is 789. The largest absolute Gasteiger partial charge is 0.291 e. The van der Waals surface area contributed by atoms with Gasteiger partial charge in [-0.1, -0.05) is 0 Å². The molecule has 0 aliphatic carbocycles. The Morgan fingerprint density at radius 1 is 1.42 bits per heavy atom. The first-order valence-electron chi connectivity index (χ1n) is 5.66. The van der Waals surface area contributed by atoms with Crippen molar-refractivity contribution in [1.82, 2.24) is 14.1 Å². The Labute approximate surface area is 110 Å². The molecular weight excluding hydrogens is 270 g/mol. The average molecular weight is 281 g/mol. The first kappa shape index (κ1) is 12.2. The highest BCUT2D eigenvalue weighted by molar-refractivity contribution is 7.79. The molecule has 3 rings (SSSR count). The molecule has 0 fully saturated rings. The Balaban J connectivity index is 2.18. The molecule has 0 bridgehead atoms. The summed E-state index contributed by atoms with van der Waals surface area (Å²) in [7, 11) is 0. The lowest BCUT2D eigenvalue weighted by atomic mass is 10.3. The highest BCUT2D eigenvalue weighted by Crippen LogP contribution is 2.22. The van der Waals surface area contributed by atoms with Gasteiger partial charge in [-0.15, -0.1) is 0 Å². The van der Waals surface area contributed by atoms with Crippen LogP contribution in [-0.4, -0.2) is 31.2 Å². The van der Waals surface area contributed by atoms with Crippen molar-refractivity contribution in [3.8, 4) is 0 Å². The molecular formula is C11H11N3O4S. The van der Waals surface area contributed by atoms with Crippen molar-refractivity contribution in [2.24, 2.45) is 0 Å². The van der Waals surface area contributed by atoms with E-state index >= 15 is 0 Å². The molecule has 3 heterocycles. The number of hydrogen-bond donors (Lipinski definition) is 0. The van der Waals surface area contributed by atoms with E-state index < -0.39 is 11.1 Å². The van der Waals surface area contributed by atoms with E-state index in [0.717, 1.165) is 0 Å². The predicted molar refractivity (Wildman–Crippen MR) is 69.3 cm³/mol. The van der Waals surface area contributed by atoms with Crippen molar-refractivity contribution >= 4 is 22.2 Å². The van der Waals surface area contributed by atoms with Gasteiger partial charge in [0.1, 0.15) is 11.2 Å². The van der Waals surface area contributed by atoms with Gasteiger partial charge in [0.2, 0.25) is 0 Å². The molecule has 0 spiro atoms. The molecule has 0 radical (unpaired) electrons. The van der Waals surface area contributed by atoms with Gasteiger partial charge in [0.15, 0.2) is 11.1 Å². The van der Waals surface area contributed by atoms with Gasteiger partial charge in [-0.05, 0) is 6.07 Å². The second-order valence-corrected chi connectivity index (χ2v) is 5.34. The summed E-state index contributed by atoms with van der Waals surface area (Å²) >= 11 is -1.41. The maximum atomic E-state index is 11.9. The van der Waals surface area contributed by atoms with Gasteiger partial charge in [-0.3, -0.25) is 22.9 Å². The van der Waals surface area contributed by atoms with E-state index in [9.17, 15) is 13.8 Å². The van der Waals surface area contributed by atoms with E-state index in [1.165, 1.54) is 27.7 Å². The van der Waals surface area contributed by atoms with Gasteiger partial charge >= 0.3 is 0 Å². The SMILES string of the molecule is CS(=O)OC[C@@H]1Cn2c(=O)ccc3ncc(=O)n1c32. The molecule has 2 aromatic heterocycles. The molecule has 100 valence electrons. The summed E-state index contributed by atoms with van der Waals surface area (Å²) < 4.78 is 19.0. The molecule has 1 aliphatic heterocycles. The summed E-state index contributed by atoms with van der Waals surface area (Å²) in [5.41, 5.74) is 0.600. The lowest BCUT2D eigenvalue weighted by Gasteiger charge is -2.11. The fraction of sp³-hybridized carbons (Fsp3) is 0.364. The fourth-order valence-electron chi connectivity index (χ4n) is 2.33. The summed E-state index contributed by atoms with van der Waals surface area (Å²) in [6.45, 7) is 0.442. The standard InChI is InChI=1S/C11H11N3O4S/c1-19(17)18-6-7-5-13-9(15)3-2-8-11(13)14(7)10(16)4-12-8/h2-4,7H,5-6H2,1H3/t7-,19?/m0/s1. The van der Waals surface area contributed by atoms with Crippen molar-refractivity contribution in [1.29, 1.82) is 0 Å². The smallest absolute Gasteiger partial charge is 0.271 e. The minimum atomic E-state index is -1.41. The predicted octanol–water partition coefficient (Wildman–Crippen LogP) is -0.577. The van der Waals surface area contributed by atoms with Crippen molar-refractivity contribution in [2.45, 2.75) is 12.6 Å². The molecule has 0 saturated heterocycles. The second kappa shape index (κ2) is 4.39. The van der Waals surface area contributed by atoms with E-state index in [-0.39, 0.29) is 23.8 Å². The first-order chi connectivity index (χ1) is 9.08. The van der Waals surface area contributed by atoms with Crippen LogP contribution in [0.15, 0.2) is 27.9 Å². The Morgan fingerprint density at radius 2 is 2.21 bits per heavy atom. The van der Waals surface area contributed by atoms with Crippen LogP contribution in [-0.2, 0) is 21.8 Å². The van der Waals surface area contributed by atoms with Gasteiger partial charge in [0.25, 0.3) is 11.1 Å². The molecule has 0 amide bonds. The second-order valence-electron chi connectivity index (χ2n) is 4.30. The quantitative estimate of drug-likeness (QED) is 0.752. The molecule has 0 aromatic carbocycles. The van der Waals surface area contributed by atoms with E-state index in [1.54, 1.807) is 6.07 Å². The number of rotatable bonds is 3. The molecule has 1 unspecified atom stereocenters. The summed E-state index contributed by atoms with van der Waals surface area (Å²) in [6.07, 6.45) is 2.64. The lowest BCUT2D eigenvalue weighted by molar-refractivity contribution is 0.269. The van der Waals surface area contributed by atoms with Crippen LogP contribution in [0.5, 0.6) is 0 Å². The number of pyridine rings is 1. The summed E-state index contributed by atoms with van der Waals surface area (Å²) in [6, 6.07) is 2.67. The highest BCUT2D eigenvalue weighted by atomic mass is 32.2. The van der Waals surface area contributed by atoms with E-state index in [0.29, 0.717) is 17.7 Å². The van der Waals surface area contributed by atoms with Crippen LogP contribution in [0.1, 0.15) is 6.04 Å². The van der Waals surface area contributed by atoms with Crippen molar-refractivity contribution in [2.75, 3.05) is 12.9 Å². The van der Waals surface area contributed by atoms with Gasteiger partial charge in [0.05, 0.1) is 25.4 Å².